The molecular formula is C21H31NO2. The maximum absolute atomic E-state index is 11.9. The van der Waals surface area contributed by atoms with Gasteiger partial charge >= 0.3 is 6.09 Å². The van der Waals surface area contributed by atoms with Gasteiger partial charge in [-0.1, -0.05) is 30.3 Å². The van der Waals surface area contributed by atoms with Crippen LogP contribution in [0.3, 0.4) is 0 Å². The molecule has 0 aromatic heterocycles. The standard InChI is InChI=1S/C21H31NO2/c1-21(2,3)24-20(23)22-14-16-11-17-9-10-18(12-16)19(17)13-15-7-5-4-6-8-15/h4-8,16-19H,9-14H2,1-3H3,(H,22,23). The van der Waals surface area contributed by atoms with E-state index in [1.165, 1.54) is 37.7 Å². The monoisotopic (exact) mass is 329 g/mol. The van der Waals surface area contributed by atoms with Crippen molar-refractivity contribution in [1.82, 2.24) is 5.32 Å². The molecule has 2 aliphatic rings. The van der Waals surface area contributed by atoms with Crippen LogP contribution >= 0.6 is 0 Å². The smallest absolute Gasteiger partial charge is 0.407 e. The maximum Gasteiger partial charge on any atom is 0.407 e. The van der Waals surface area contributed by atoms with Gasteiger partial charge in [0.25, 0.3) is 0 Å². The number of hydrogen-bond donors (Lipinski definition) is 1. The number of rotatable bonds is 4. The van der Waals surface area contributed by atoms with Gasteiger partial charge in [-0.2, -0.15) is 0 Å². The van der Waals surface area contributed by atoms with Crippen molar-refractivity contribution in [2.24, 2.45) is 23.7 Å². The van der Waals surface area contributed by atoms with Crippen LogP contribution in [-0.2, 0) is 11.2 Å². The lowest BCUT2D eigenvalue weighted by Crippen LogP contribution is -2.38. The molecule has 2 aliphatic carbocycles. The molecule has 3 nitrogen and oxygen atoms in total. The molecule has 1 N–H and O–H groups in total. The van der Waals surface area contributed by atoms with Gasteiger partial charge in [-0.3, -0.25) is 0 Å². The van der Waals surface area contributed by atoms with Crippen molar-refractivity contribution < 1.29 is 9.53 Å². The van der Waals surface area contributed by atoms with Crippen molar-refractivity contribution in [1.29, 1.82) is 0 Å². The van der Waals surface area contributed by atoms with Gasteiger partial charge in [0.05, 0.1) is 0 Å². The van der Waals surface area contributed by atoms with Crippen LogP contribution < -0.4 is 5.32 Å². The average Bonchev–Trinajstić information content (AvgIpc) is 2.75. The molecule has 24 heavy (non-hydrogen) atoms. The number of alkyl carbamates (subject to hydrolysis) is 1. The van der Waals surface area contributed by atoms with Crippen molar-refractivity contribution in [2.75, 3.05) is 6.54 Å². The Morgan fingerprint density at radius 1 is 1.12 bits per heavy atom. The lowest BCUT2D eigenvalue weighted by molar-refractivity contribution is 0.0504. The summed E-state index contributed by atoms with van der Waals surface area (Å²) in [6.07, 6.45) is 6.19. The van der Waals surface area contributed by atoms with Crippen molar-refractivity contribution in [3.8, 4) is 0 Å². The van der Waals surface area contributed by atoms with E-state index in [-0.39, 0.29) is 6.09 Å². The fourth-order valence-electron chi connectivity index (χ4n) is 4.71. The van der Waals surface area contributed by atoms with Crippen LogP contribution in [0.2, 0.25) is 0 Å². The summed E-state index contributed by atoms with van der Waals surface area (Å²) < 4.78 is 5.35. The number of ether oxygens (including phenoxy) is 1. The topological polar surface area (TPSA) is 38.3 Å². The van der Waals surface area contributed by atoms with Crippen LogP contribution in [0, 0.1) is 23.7 Å². The summed E-state index contributed by atoms with van der Waals surface area (Å²) in [5, 5.41) is 2.98. The van der Waals surface area contributed by atoms with E-state index in [1.807, 2.05) is 20.8 Å². The van der Waals surface area contributed by atoms with Crippen LogP contribution in [0.5, 0.6) is 0 Å². The summed E-state index contributed by atoms with van der Waals surface area (Å²) >= 11 is 0. The summed E-state index contributed by atoms with van der Waals surface area (Å²) in [7, 11) is 0. The van der Waals surface area contributed by atoms with E-state index in [9.17, 15) is 4.79 Å². The van der Waals surface area contributed by atoms with Gasteiger partial charge in [0.1, 0.15) is 5.60 Å². The molecule has 0 saturated heterocycles. The minimum atomic E-state index is -0.420. The third-order valence-electron chi connectivity index (χ3n) is 5.64. The second kappa shape index (κ2) is 7.16. The van der Waals surface area contributed by atoms with Crippen molar-refractivity contribution >= 4 is 6.09 Å². The Morgan fingerprint density at radius 2 is 1.75 bits per heavy atom. The van der Waals surface area contributed by atoms with Gasteiger partial charge in [0.2, 0.25) is 0 Å². The van der Waals surface area contributed by atoms with E-state index in [2.05, 4.69) is 35.6 Å². The van der Waals surface area contributed by atoms with Gasteiger partial charge in [-0.15, -0.1) is 0 Å². The molecular weight excluding hydrogens is 298 g/mol. The predicted octanol–water partition coefficient (Wildman–Crippen LogP) is 4.81. The molecule has 3 rings (SSSR count). The van der Waals surface area contributed by atoms with Crippen LogP contribution in [-0.4, -0.2) is 18.2 Å². The van der Waals surface area contributed by atoms with Crippen LogP contribution in [0.15, 0.2) is 30.3 Å². The number of carbonyl (C=O) groups excluding carboxylic acids is 1. The Bertz CT molecular complexity index is 535. The van der Waals surface area contributed by atoms with Gasteiger partial charge in [0.15, 0.2) is 0 Å². The van der Waals surface area contributed by atoms with Crippen molar-refractivity contribution in [2.45, 2.75) is 58.5 Å². The molecule has 0 heterocycles. The Morgan fingerprint density at radius 3 is 2.33 bits per heavy atom. The quantitative estimate of drug-likeness (QED) is 0.861. The number of nitrogens with one attached hydrogen (secondary N) is 1. The molecule has 2 bridgehead atoms. The average molecular weight is 329 g/mol. The third-order valence-corrected chi connectivity index (χ3v) is 5.64. The first-order valence-corrected chi connectivity index (χ1v) is 9.41. The van der Waals surface area contributed by atoms with E-state index in [0.29, 0.717) is 5.92 Å². The number of carbonyl (C=O) groups is 1. The molecule has 1 aromatic rings. The normalized spacial score (nSPS) is 29.3. The van der Waals surface area contributed by atoms with Crippen LogP contribution in [0.4, 0.5) is 4.79 Å². The van der Waals surface area contributed by atoms with Gasteiger partial charge < -0.3 is 10.1 Å². The first-order chi connectivity index (χ1) is 11.4. The van der Waals surface area contributed by atoms with Gasteiger partial charge in [-0.05, 0) is 82.1 Å². The number of hydrogen-bond acceptors (Lipinski definition) is 2. The van der Waals surface area contributed by atoms with Gasteiger partial charge in [-0.25, -0.2) is 4.79 Å². The zero-order chi connectivity index (χ0) is 17.2. The highest BCUT2D eigenvalue weighted by Crippen LogP contribution is 2.50. The molecule has 0 spiro atoms. The summed E-state index contributed by atoms with van der Waals surface area (Å²) in [4.78, 5) is 11.9. The van der Waals surface area contributed by atoms with E-state index in [0.717, 1.165) is 24.3 Å². The molecule has 132 valence electrons. The molecule has 1 amide bonds. The number of amides is 1. The van der Waals surface area contributed by atoms with E-state index in [1.54, 1.807) is 0 Å². The molecule has 2 unspecified atom stereocenters. The second-order valence-corrected chi connectivity index (χ2v) is 8.67. The summed E-state index contributed by atoms with van der Waals surface area (Å²) in [6.45, 7) is 6.48. The summed E-state index contributed by atoms with van der Waals surface area (Å²) in [5.74, 6) is 3.11. The zero-order valence-corrected chi connectivity index (χ0v) is 15.3. The van der Waals surface area contributed by atoms with E-state index < -0.39 is 5.60 Å². The second-order valence-electron chi connectivity index (χ2n) is 8.67. The first kappa shape index (κ1) is 17.3. The van der Waals surface area contributed by atoms with Crippen LogP contribution in [0.1, 0.15) is 52.0 Å². The fourth-order valence-corrected chi connectivity index (χ4v) is 4.71. The summed E-state index contributed by atoms with van der Waals surface area (Å²) in [6, 6.07) is 10.9. The highest BCUT2D eigenvalue weighted by Gasteiger charge is 2.42. The molecule has 2 saturated carbocycles. The molecule has 3 heteroatoms. The Kier molecular flexibility index (Phi) is 5.17. The van der Waals surface area contributed by atoms with Crippen LogP contribution in [0.25, 0.3) is 0 Å². The molecule has 0 radical (unpaired) electrons. The minimum absolute atomic E-state index is 0.277. The minimum Gasteiger partial charge on any atom is -0.444 e. The Balaban J connectivity index is 1.49. The highest BCUT2D eigenvalue weighted by molar-refractivity contribution is 5.67. The number of fused-ring (bicyclic) bond motifs is 2. The Hall–Kier alpha value is -1.51. The number of benzene rings is 1. The van der Waals surface area contributed by atoms with E-state index >= 15 is 0 Å². The summed E-state index contributed by atoms with van der Waals surface area (Å²) in [5.41, 5.74) is 1.06. The Labute approximate surface area is 146 Å². The maximum atomic E-state index is 11.9. The van der Waals surface area contributed by atoms with E-state index in [4.69, 9.17) is 4.74 Å². The fraction of sp³-hybridized carbons (Fsp3) is 0.667. The highest BCUT2D eigenvalue weighted by atomic mass is 16.6. The first-order valence-electron chi connectivity index (χ1n) is 9.41. The molecule has 2 fully saturated rings. The lowest BCUT2D eigenvalue weighted by Gasteiger charge is -2.35. The zero-order valence-electron chi connectivity index (χ0n) is 15.3. The molecule has 2 atom stereocenters. The van der Waals surface area contributed by atoms with Crippen molar-refractivity contribution in [3.05, 3.63) is 35.9 Å². The van der Waals surface area contributed by atoms with Gasteiger partial charge in [0, 0.05) is 6.54 Å². The SMILES string of the molecule is CC(C)(C)OC(=O)NCC1CC2CCC(C1)C2Cc1ccccc1. The molecule has 1 aromatic carbocycles. The largest absolute Gasteiger partial charge is 0.444 e. The predicted molar refractivity (Wildman–Crippen MR) is 96.8 cm³/mol. The van der Waals surface area contributed by atoms with Crippen molar-refractivity contribution in [3.63, 3.8) is 0 Å². The lowest BCUT2D eigenvalue weighted by atomic mass is 9.71. The third kappa shape index (κ3) is 4.52. The molecule has 0 aliphatic heterocycles.